The van der Waals surface area contributed by atoms with E-state index in [2.05, 4.69) is 26.1 Å². The first kappa shape index (κ1) is 13.3. The maximum atomic E-state index is 5.82. The van der Waals surface area contributed by atoms with Crippen molar-refractivity contribution in [2.75, 3.05) is 13.2 Å². The summed E-state index contributed by atoms with van der Waals surface area (Å²) in [5.41, 5.74) is 0. The molecule has 1 heterocycles. The SMILES string of the molecule is CCNC(c1ccco1)C(OCC)C(C)C. The summed E-state index contributed by atoms with van der Waals surface area (Å²) in [6.45, 7) is 10.1. The van der Waals surface area contributed by atoms with Crippen LogP contribution in [0.15, 0.2) is 22.8 Å². The van der Waals surface area contributed by atoms with Crippen LogP contribution in [0.5, 0.6) is 0 Å². The molecule has 92 valence electrons. The minimum Gasteiger partial charge on any atom is -0.468 e. The predicted molar refractivity (Wildman–Crippen MR) is 65.4 cm³/mol. The second-order valence-corrected chi connectivity index (χ2v) is 4.21. The molecule has 0 aliphatic rings. The number of hydrogen-bond acceptors (Lipinski definition) is 3. The van der Waals surface area contributed by atoms with Crippen molar-refractivity contribution in [3.63, 3.8) is 0 Å². The average Bonchev–Trinajstić information content (AvgIpc) is 2.76. The molecule has 2 unspecified atom stereocenters. The van der Waals surface area contributed by atoms with Crippen LogP contribution in [0.2, 0.25) is 0 Å². The zero-order valence-electron chi connectivity index (χ0n) is 10.7. The van der Waals surface area contributed by atoms with Gasteiger partial charge in [-0.05, 0) is 31.5 Å². The van der Waals surface area contributed by atoms with E-state index in [0.29, 0.717) is 5.92 Å². The fourth-order valence-corrected chi connectivity index (χ4v) is 1.93. The number of ether oxygens (including phenoxy) is 1. The van der Waals surface area contributed by atoms with Gasteiger partial charge in [-0.1, -0.05) is 20.8 Å². The van der Waals surface area contributed by atoms with Crippen LogP contribution in [0.1, 0.15) is 39.5 Å². The van der Waals surface area contributed by atoms with Gasteiger partial charge in [0.2, 0.25) is 0 Å². The van der Waals surface area contributed by atoms with Crippen molar-refractivity contribution in [1.29, 1.82) is 0 Å². The molecule has 1 rings (SSSR count). The van der Waals surface area contributed by atoms with Crippen LogP contribution in [-0.2, 0) is 4.74 Å². The first-order valence-electron chi connectivity index (χ1n) is 6.09. The van der Waals surface area contributed by atoms with Gasteiger partial charge in [0.25, 0.3) is 0 Å². The molecule has 16 heavy (non-hydrogen) atoms. The van der Waals surface area contributed by atoms with Crippen molar-refractivity contribution in [2.24, 2.45) is 5.92 Å². The largest absolute Gasteiger partial charge is 0.468 e. The summed E-state index contributed by atoms with van der Waals surface area (Å²) in [6.07, 6.45) is 1.86. The van der Waals surface area contributed by atoms with Crippen molar-refractivity contribution >= 4 is 0 Å². The number of rotatable bonds is 7. The zero-order chi connectivity index (χ0) is 12.0. The van der Waals surface area contributed by atoms with Crippen LogP contribution in [0.3, 0.4) is 0 Å². The zero-order valence-corrected chi connectivity index (χ0v) is 10.7. The molecule has 0 aliphatic heterocycles. The van der Waals surface area contributed by atoms with Gasteiger partial charge < -0.3 is 14.5 Å². The van der Waals surface area contributed by atoms with Gasteiger partial charge in [0.05, 0.1) is 18.4 Å². The van der Waals surface area contributed by atoms with E-state index in [-0.39, 0.29) is 12.1 Å². The van der Waals surface area contributed by atoms with Crippen molar-refractivity contribution in [3.05, 3.63) is 24.2 Å². The highest BCUT2D eigenvalue weighted by Gasteiger charge is 2.27. The highest BCUT2D eigenvalue weighted by atomic mass is 16.5. The van der Waals surface area contributed by atoms with Crippen LogP contribution in [0, 0.1) is 5.92 Å². The molecule has 0 bridgehead atoms. The summed E-state index contributed by atoms with van der Waals surface area (Å²) in [5.74, 6) is 1.41. The highest BCUT2D eigenvalue weighted by molar-refractivity contribution is 5.07. The summed E-state index contributed by atoms with van der Waals surface area (Å²) in [7, 11) is 0. The van der Waals surface area contributed by atoms with Gasteiger partial charge in [0, 0.05) is 6.61 Å². The lowest BCUT2D eigenvalue weighted by molar-refractivity contribution is -0.00185. The van der Waals surface area contributed by atoms with Gasteiger partial charge in [0.1, 0.15) is 5.76 Å². The van der Waals surface area contributed by atoms with E-state index >= 15 is 0 Å². The minimum atomic E-state index is 0.139. The Morgan fingerprint density at radius 2 is 2.12 bits per heavy atom. The van der Waals surface area contributed by atoms with Crippen LogP contribution in [0.25, 0.3) is 0 Å². The minimum absolute atomic E-state index is 0.139. The van der Waals surface area contributed by atoms with Gasteiger partial charge in [-0.2, -0.15) is 0 Å². The third-order valence-electron chi connectivity index (χ3n) is 2.62. The maximum absolute atomic E-state index is 5.82. The van der Waals surface area contributed by atoms with Crippen LogP contribution in [0.4, 0.5) is 0 Å². The molecule has 0 saturated carbocycles. The number of likely N-dealkylation sites (N-methyl/N-ethyl adjacent to an activating group) is 1. The van der Waals surface area contributed by atoms with E-state index < -0.39 is 0 Å². The van der Waals surface area contributed by atoms with E-state index in [1.807, 2.05) is 19.1 Å². The number of hydrogen-bond donors (Lipinski definition) is 1. The molecular formula is C13H23NO2. The molecule has 1 N–H and O–H groups in total. The van der Waals surface area contributed by atoms with Gasteiger partial charge in [0.15, 0.2) is 0 Å². The van der Waals surface area contributed by atoms with E-state index in [4.69, 9.17) is 9.15 Å². The lowest BCUT2D eigenvalue weighted by Gasteiger charge is -2.29. The maximum Gasteiger partial charge on any atom is 0.123 e. The summed E-state index contributed by atoms with van der Waals surface area (Å²) in [5, 5.41) is 3.43. The third kappa shape index (κ3) is 3.35. The normalized spacial score (nSPS) is 15.3. The monoisotopic (exact) mass is 225 g/mol. The topological polar surface area (TPSA) is 34.4 Å². The molecule has 0 radical (unpaired) electrons. The second-order valence-electron chi connectivity index (χ2n) is 4.21. The summed E-state index contributed by atoms with van der Waals surface area (Å²) in [6, 6.07) is 4.06. The summed E-state index contributed by atoms with van der Waals surface area (Å²) < 4.78 is 11.3. The predicted octanol–water partition coefficient (Wildman–Crippen LogP) is 2.99. The van der Waals surface area contributed by atoms with Crippen molar-refractivity contribution in [1.82, 2.24) is 5.32 Å². The molecule has 0 spiro atoms. The van der Waals surface area contributed by atoms with Gasteiger partial charge in [-0.25, -0.2) is 0 Å². The molecule has 0 aromatic carbocycles. The van der Waals surface area contributed by atoms with Crippen molar-refractivity contribution in [2.45, 2.75) is 39.8 Å². The smallest absolute Gasteiger partial charge is 0.123 e. The van der Waals surface area contributed by atoms with E-state index in [0.717, 1.165) is 18.9 Å². The Morgan fingerprint density at radius 3 is 2.56 bits per heavy atom. The Morgan fingerprint density at radius 1 is 1.38 bits per heavy atom. The number of nitrogens with one attached hydrogen (secondary N) is 1. The Labute approximate surface area is 98.2 Å². The van der Waals surface area contributed by atoms with E-state index in [1.165, 1.54) is 0 Å². The lowest BCUT2D eigenvalue weighted by atomic mass is 9.97. The van der Waals surface area contributed by atoms with Crippen LogP contribution >= 0.6 is 0 Å². The summed E-state index contributed by atoms with van der Waals surface area (Å²) in [4.78, 5) is 0. The van der Waals surface area contributed by atoms with E-state index in [9.17, 15) is 0 Å². The first-order valence-corrected chi connectivity index (χ1v) is 6.09. The Bertz CT molecular complexity index is 269. The molecule has 1 aromatic rings. The fraction of sp³-hybridized carbons (Fsp3) is 0.692. The molecule has 2 atom stereocenters. The first-order chi connectivity index (χ1) is 7.70. The van der Waals surface area contributed by atoms with Crippen molar-refractivity contribution < 1.29 is 9.15 Å². The van der Waals surface area contributed by atoms with Crippen molar-refractivity contribution in [3.8, 4) is 0 Å². The average molecular weight is 225 g/mol. The molecular weight excluding hydrogens is 202 g/mol. The van der Waals surface area contributed by atoms with Gasteiger partial charge >= 0.3 is 0 Å². The highest BCUT2D eigenvalue weighted by Crippen LogP contribution is 2.25. The van der Waals surface area contributed by atoms with E-state index in [1.54, 1.807) is 6.26 Å². The quantitative estimate of drug-likeness (QED) is 0.774. The standard InChI is InChI=1S/C13H23NO2/c1-5-14-12(11-8-7-9-16-11)13(10(3)4)15-6-2/h7-10,12-14H,5-6H2,1-4H3. The number of furan rings is 1. The second kappa shape index (κ2) is 6.71. The van der Waals surface area contributed by atoms with Gasteiger partial charge in [-0.15, -0.1) is 0 Å². The third-order valence-corrected chi connectivity index (χ3v) is 2.62. The molecule has 0 amide bonds. The van der Waals surface area contributed by atoms with Gasteiger partial charge in [-0.3, -0.25) is 0 Å². The molecule has 0 aliphatic carbocycles. The molecule has 0 fully saturated rings. The molecule has 3 nitrogen and oxygen atoms in total. The lowest BCUT2D eigenvalue weighted by Crippen LogP contribution is -2.37. The van der Waals surface area contributed by atoms with Crippen LogP contribution in [-0.4, -0.2) is 19.3 Å². The Balaban J connectivity index is 2.81. The molecule has 0 saturated heterocycles. The molecule has 1 aromatic heterocycles. The Kier molecular flexibility index (Phi) is 5.56. The molecule has 3 heteroatoms. The Hall–Kier alpha value is -0.800. The van der Waals surface area contributed by atoms with Crippen LogP contribution < -0.4 is 5.32 Å². The fourth-order valence-electron chi connectivity index (χ4n) is 1.93. The summed E-state index contributed by atoms with van der Waals surface area (Å²) >= 11 is 0.